The van der Waals surface area contributed by atoms with Gasteiger partial charge in [0.2, 0.25) is 0 Å². The van der Waals surface area contributed by atoms with E-state index in [9.17, 15) is 9.59 Å². The first-order valence-corrected chi connectivity index (χ1v) is 6.34. The van der Waals surface area contributed by atoms with Crippen LogP contribution in [-0.4, -0.2) is 36.9 Å². The van der Waals surface area contributed by atoms with Crippen molar-refractivity contribution in [3.05, 3.63) is 23.5 Å². The van der Waals surface area contributed by atoms with Crippen molar-refractivity contribution >= 4 is 17.7 Å². The average Bonchev–Trinajstić information content (AvgIpc) is 2.37. The van der Waals surface area contributed by atoms with E-state index in [1.807, 2.05) is 0 Å². The van der Waals surface area contributed by atoms with E-state index < -0.39 is 17.7 Å². The van der Waals surface area contributed by atoms with Gasteiger partial charge in [-0.25, -0.2) is 14.6 Å². The molecule has 1 rings (SSSR count). The second-order valence-corrected chi connectivity index (χ2v) is 5.25. The van der Waals surface area contributed by atoms with Crippen molar-refractivity contribution in [3.8, 4) is 0 Å². The van der Waals surface area contributed by atoms with E-state index in [0.717, 1.165) is 0 Å². The molecule has 0 atom stereocenters. The molecule has 7 heteroatoms. The van der Waals surface area contributed by atoms with Crippen LogP contribution in [0.1, 0.15) is 37.0 Å². The Morgan fingerprint density at radius 3 is 2.43 bits per heavy atom. The summed E-state index contributed by atoms with van der Waals surface area (Å²) >= 11 is 0. The highest BCUT2D eigenvalue weighted by Gasteiger charge is 2.20. The lowest BCUT2D eigenvalue weighted by molar-refractivity contribution is 0.0594. The van der Waals surface area contributed by atoms with Gasteiger partial charge < -0.3 is 14.2 Å². The number of amides is 1. The highest BCUT2D eigenvalue weighted by atomic mass is 16.6. The predicted octanol–water partition coefficient (Wildman–Crippen LogP) is 2.36. The summed E-state index contributed by atoms with van der Waals surface area (Å²) in [4.78, 5) is 27.6. The van der Waals surface area contributed by atoms with Gasteiger partial charge in [-0.1, -0.05) is 0 Å². The predicted molar refractivity (Wildman–Crippen MR) is 76.1 cm³/mol. The number of pyridine rings is 1. The fourth-order valence-corrected chi connectivity index (χ4v) is 1.49. The summed E-state index contributed by atoms with van der Waals surface area (Å²) in [7, 11) is 2.76. The van der Waals surface area contributed by atoms with Gasteiger partial charge in [0.05, 0.1) is 25.1 Å². The molecule has 0 radical (unpaired) electrons. The maximum absolute atomic E-state index is 11.8. The van der Waals surface area contributed by atoms with Crippen LogP contribution in [0.3, 0.4) is 0 Å². The van der Waals surface area contributed by atoms with E-state index >= 15 is 0 Å². The van der Waals surface area contributed by atoms with Crippen molar-refractivity contribution in [2.24, 2.45) is 0 Å². The molecule has 0 spiro atoms. The Morgan fingerprint density at radius 2 is 1.90 bits per heavy atom. The quantitative estimate of drug-likeness (QED) is 0.858. The summed E-state index contributed by atoms with van der Waals surface area (Å²) in [5, 5.41) is 2.49. The lowest BCUT2D eigenvalue weighted by atomic mass is 10.2. The number of nitrogens with zero attached hydrogens (tertiary/aromatic N) is 1. The molecule has 0 aromatic carbocycles. The normalized spacial score (nSPS) is 10.9. The molecule has 1 amide bonds. The minimum absolute atomic E-state index is 0.00194. The molecule has 0 bridgehead atoms. The van der Waals surface area contributed by atoms with Crippen LogP contribution in [0, 0.1) is 0 Å². The summed E-state index contributed by atoms with van der Waals surface area (Å²) in [5.74, 6) is -0.654. The fraction of sp³-hybridized carbons (Fsp3) is 0.500. The van der Waals surface area contributed by atoms with Crippen LogP contribution in [0.2, 0.25) is 0 Å². The van der Waals surface area contributed by atoms with Gasteiger partial charge in [-0.2, -0.15) is 0 Å². The minimum atomic E-state index is -0.672. The van der Waals surface area contributed by atoms with Crippen molar-refractivity contribution in [2.45, 2.75) is 33.0 Å². The molecule has 1 aromatic rings. The second kappa shape index (κ2) is 7.03. The maximum atomic E-state index is 11.8. The first-order chi connectivity index (χ1) is 9.76. The molecule has 0 aliphatic carbocycles. The summed E-state index contributed by atoms with van der Waals surface area (Å²) in [6.45, 7) is 5.48. The van der Waals surface area contributed by atoms with Crippen molar-refractivity contribution in [2.75, 3.05) is 19.5 Å². The maximum Gasteiger partial charge on any atom is 0.412 e. The van der Waals surface area contributed by atoms with Crippen molar-refractivity contribution in [1.29, 1.82) is 0 Å². The van der Waals surface area contributed by atoms with Crippen LogP contribution in [-0.2, 0) is 20.8 Å². The zero-order valence-corrected chi connectivity index (χ0v) is 12.9. The fourth-order valence-electron chi connectivity index (χ4n) is 1.49. The number of anilines is 1. The van der Waals surface area contributed by atoms with Gasteiger partial charge in [0, 0.05) is 7.11 Å². The monoisotopic (exact) mass is 296 g/mol. The average molecular weight is 296 g/mol. The smallest absolute Gasteiger partial charge is 0.412 e. The standard InChI is InChI=1S/C14H20N2O5/c1-14(2,3)21-13(18)16-10-7-6-9(8-19-4)15-11(10)12(17)20-5/h6-7H,8H2,1-5H3,(H,16,18). The van der Waals surface area contributed by atoms with Gasteiger partial charge in [0.15, 0.2) is 5.69 Å². The number of rotatable bonds is 4. The molecule has 0 unspecified atom stereocenters. The first-order valence-electron chi connectivity index (χ1n) is 6.34. The summed E-state index contributed by atoms with van der Waals surface area (Å²) in [5.41, 5.74) is 0.125. The Balaban J connectivity index is 3.00. The third-order valence-corrected chi connectivity index (χ3v) is 2.26. The van der Waals surface area contributed by atoms with Gasteiger partial charge in [-0.3, -0.25) is 5.32 Å². The number of carbonyl (C=O) groups excluding carboxylic acids is 2. The van der Waals surface area contributed by atoms with Gasteiger partial charge in [0.25, 0.3) is 0 Å². The minimum Gasteiger partial charge on any atom is -0.464 e. The lowest BCUT2D eigenvalue weighted by Crippen LogP contribution is -2.28. The van der Waals surface area contributed by atoms with E-state index in [-0.39, 0.29) is 18.0 Å². The van der Waals surface area contributed by atoms with Crippen LogP contribution in [0.25, 0.3) is 0 Å². The molecule has 0 aliphatic heterocycles. The topological polar surface area (TPSA) is 86.8 Å². The molecule has 0 saturated carbocycles. The summed E-state index contributed by atoms with van der Waals surface area (Å²) in [6.07, 6.45) is -0.672. The third kappa shape index (κ3) is 5.39. The Kier molecular flexibility index (Phi) is 5.66. The Labute approximate surface area is 123 Å². The third-order valence-electron chi connectivity index (χ3n) is 2.26. The van der Waals surface area contributed by atoms with Gasteiger partial charge >= 0.3 is 12.1 Å². The van der Waals surface area contributed by atoms with E-state index in [1.165, 1.54) is 14.2 Å². The van der Waals surface area contributed by atoms with Crippen LogP contribution in [0.5, 0.6) is 0 Å². The molecule has 116 valence electrons. The Bertz CT molecular complexity index is 523. The molecular formula is C14H20N2O5. The van der Waals surface area contributed by atoms with Gasteiger partial charge in [-0.15, -0.1) is 0 Å². The Hall–Kier alpha value is -2.15. The van der Waals surface area contributed by atoms with E-state index in [4.69, 9.17) is 9.47 Å². The van der Waals surface area contributed by atoms with Crippen LogP contribution >= 0.6 is 0 Å². The van der Waals surface area contributed by atoms with Crippen molar-refractivity contribution in [3.63, 3.8) is 0 Å². The zero-order valence-electron chi connectivity index (χ0n) is 12.9. The number of hydrogen-bond donors (Lipinski definition) is 1. The molecule has 1 N–H and O–H groups in total. The number of hydrogen-bond acceptors (Lipinski definition) is 6. The van der Waals surface area contributed by atoms with E-state index in [2.05, 4.69) is 15.0 Å². The SMILES string of the molecule is COCc1ccc(NC(=O)OC(C)(C)C)c(C(=O)OC)n1. The largest absolute Gasteiger partial charge is 0.464 e. The zero-order chi connectivity index (χ0) is 16.0. The number of aromatic nitrogens is 1. The first kappa shape index (κ1) is 16.9. The molecule has 21 heavy (non-hydrogen) atoms. The number of esters is 1. The van der Waals surface area contributed by atoms with E-state index in [1.54, 1.807) is 32.9 Å². The molecule has 0 saturated heterocycles. The molecule has 7 nitrogen and oxygen atoms in total. The number of methoxy groups -OCH3 is 2. The lowest BCUT2D eigenvalue weighted by Gasteiger charge is -2.20. The molecular weight excluding hydrogens is 276 g/mol. The number of carbonyl (C=O) groups is 2. The highest BCUT2D eigenvalue weighted by Crippen LogP contribution is 2.17. The summed E-state index contributed by atoms with van der Waals surface area (Å²) < 4.78 is 14.7. The van der Waals surface area contributed by atoms with Crippen molar-refractivity contribution < 1.29 is 23.8 Å². The second-order valence-electron chi connectivity index (χ2n) is 5.25. The van der Waals surface area contributed by atoms with Crippen molar-refractivity contribution in [1.82, 2.24) is 4.98 Å². The molecule has 1 aromatic heterocycles. The van der Waals surface area contributed by atoms with Gasteiger partial charge in [-0.05, 0) is 32.9 Å². The van der Waals surface area contributed by atoms with Crippen LogP contribution in [0.15, 0.2) is 12.1 Å². The number of nitrogens with one attached hydrogen (secondary N) is 1. The Morgan fingerprint density at radius 1 is 1.24 bits per heavy atom. The van der Waals surface area contributed by atoms with E-state index in [0.29, 0.717) is 5.69 Å². The number of ether oxygens (including phenoxy) is 3. The molecule has 0 aliphatic rings. The van der Waals surface area contributed by atoms with Crippen LogP contribution in [0.4, 0.5) is 10.5 Å². The van der Waals surface area contributed by atoms with Crippen LogP contribution < -0.4 is 5.32 Å². The highest BCUT2D eigenvalue weighted by molar-refractivity contribution is 5.98. The molecule has 1 heterocycles. The molecule has 0 fully saturated rings. The van der Waals surface area contributed by atoms with Gasteiger partial charge in [0.1, 0.15) is 5.60 Å². The summed E-state index contributed by atoms with van der Waals surface area (Å²) in [6, 6.07) is 3.19.